The lowest BCUT2D eigenvalue weighted by atomic mass is 10.2. The van der Waals surface area contributed by atoms with Gasteiger partial charge in [0.1, 0.15) is 0 Å². The Morgan fingerprint density at radius 1 is 1.27 bits per heavy atom. The van der Waals surface area contributed by atoms with Crippen molar-refractivity contribution in [2.75, 3.05) is 19.8 Å². The molecule has 0 aromatic heterocycles. The van der Waals surface area contributed by atoms with Crippen LogP contribution in [0.3, 0.4) is 0 Å². The number of rotatable bonds is 6. The molecule has 0 saturated carbocycles. The second-order valence-electron chi connectivity index (χ2n) is 2.63. The third kappa shape index (κ3) is 6.28. The van der Waals surface area contributed by atoms with Gasteiger partial charge in [-0.05, 0) is 20.8 Å². The second kappa shape index (κ2) is 6.58. The zero-order valence-corrected chi connectivity index (χ0v) is 7.67. The average molecular weight is 161 g/mol. The normalized spacial score (nSPS) is 16.4. The molecule has 3 heteroatoms. The molecular weight excluding hydrogens is 142 g/mol. The van der Waals surface area contributed by atoms with Gasteiger partial charge in [-0.25, -0.2) is 0 Å². The van der Waals surface area contributed by atoms with Crippen molar-refractivity contribution < 1.29 is 9.47 Å². The van der Waals surface area contributed by atoms with Crippen LogP contribution in [0.5, 0.6) is 0 Å². The molecule has 0 heterocycles. The number of nitrogens with two attached hydrogens (primary N) is 1. The van der Waals surface area contributed by atoms with E-state index in [2.05, 4.69) is 0 Å². The molecule has 0 amide bonds. The first-order valence-corrected chi connectivity index (χ1v) is 4.13. The number of hydrogen-bond acceptors (Lipinski definition) is 3. The first-order chi connectivity index (χ1) is 5.18. The van der Waals surface area contributed by atoms with Gasteiger partial charge < -0.3 is 15.2 Å². The van der Waals surface area contributed by atoms with E-state index >= 15 is 0 Å². The van der Waals surface area contributed by atoms with Crippen LogP contribution in [-0.4, -0.2) is 32.0 Å². The third-order valence-electron chi connectivity index (χ3n) is 1.55. The summed E-state index contributed by atoms with van der Waals surface area (Å²) in [5.41, 5.74) is 5.58. The molecule has 3 nitrogen and oxygen atoms in total. The topological polar surface area (TPSA) is 44.5 Å². The minimum atomic E-state index is 0.0941. The highest BCUT2D eigenvalue weighted by molar-refractivity contribution is 4.61. The molecular formula is C8H19NO2. The Balaban J connectivity index is 3.10. The minimum absolute atomic E-state index is 0.0941. The first kappa shape index (κ1) is 10.9. The summed E-state index contributed by atoms with van der Waals surface area (Å²) in [5, 5.41) is 0. The van der Waals surface area contributed by atoms with Crippen molar-refractivity contribution in [3.05, 3.63) is 0 Å². The molecule has 0 saturated heterocycles. The Morgan fingerprint density at radius 2 is 1.91 bits per heavy atom. The van der Waals surface area contributed by atoms with Crippen LogP contribution in [0.4, 0.5) is 0 Å². The molecule has 0 radical (unpaired) electrons. The van der Waals surface area contributed by atoms with Gasteiger partial charge in [-0.1, -0.05) is 0 Å². The van der Waals surface area contributed by atoms with Crippen LogP contribution in [-0.2, 0) is 9.47 Å². The SMILES string of the molecule is CCOCCOC(C)C(C)N. The highest BCUT2D eigenvalue weighted by Gasteiger charge is 2.05. The van der Waals surface area contributed by atoms with Crippen LogP contribution in [0.1, 0.15) is 20.8 Å². The van der Waals surface area contributed by atoms with E-state index in [1.807, 2.05) is 20.8 Å². The molecule has 0 rings (SSSR count). The average Bonchev–Trinajstić information content (AvgIpc) is 1.97. The number of ether oxygens (including phenoxy) is 2. The van der Waals surface area contributed by atoms with Crippen molar-refractivity contribution in [1.82, 2.24) is 0 Å². The Labute approximate surface area is 68.9 Å². The molecule has 0 aliphatic heterocycles. The molecule has 11 heavy (non-hydrogen) atoms. The predicted octanol–water partition coefficient (Wildman–Crippen LogP) is 0.775. The Hall–Kier alpha value is -0.120. The maximum Gasteiger partial charge on any atom is 0.0704 e. The highest BCUT2D eigenvalue weighted by Crippen LogP contribution is 1.94. The van der Waals surface area contributed by atoms with E-state index in [0.29, 0.717) is 13.2 Å². The van der Waals surface area contributed by atoms with E-state index in [-0.39, 0.29) is 12.1 Å². The fraction of sp³-hybridized carbons (Fsp3) is 1.00. The summed E-state index contributed by atoms with van der Waals surface area (Å²) in [6.07, 6.45) is 0.121. The lowest BCUT2D eigenvalue weighted by molar-refractivity contribution is 0.00739. The Bertz CT molecular complexity index is 86.2. The molecule has 0 aromatic rings. The predicted molar refractivity (Wildman–Crippen MR) is 45.6 cm³/mol. The van der Waals surface area contributed by atoms with Crippen LogP contribution >= 0.6 is 0 Å². The molecule has 0 aliphatic carbocycles. The van der Waals surface area contributed by atoms with Gasteiger partial charge in [0.15, 0.2) is 0 Å². The molecule has 0 aliphatic rings. The zero-order chi connectivity index (χ0) is 8.69. The van der Waals surface area contributed by atoms with E-state index in [1.165, 1.54) is 0 Å². The van der Waals surface area contributed by atoms with Crippen LogP contribution in [0.25, 0.3) is 0 Å². The summed E-state index contributed by atoms with van der Waals surface area (Å²) in [5.74, 6) is 0. The van der Waals surface area contributed by atoms with Gasteiger partial charge in [-0.3, -0.25) is 0 Å². The van der Waals surface area contributed by atoms with Gasteiger partial charge in [0.25, 0.3) is 0 Å². The third-order valence-corrected chi connectivity index (χ3v) is 1.55. The largest absolute Gasteiger partial charge is 0.379 e. The smallest absolute Gasteiger partial charge is 0.0704 e. The van der Waals surface area contributed by atoms with Crippen molar-refractivity contribution in [1.29, 1.82) is 0 Å². The van der Waals surface area contributed by atoms with Crippen LogP contribution in [0.15, 0.2) is 0 Å². The minimum Gasteiger partial charge on any atom is -0.379 e. The van der Waals surface area contributed by atoms with Gasteiger partial charge >= 0.3 is 0 Å². The summed E-state index contributed by atoms with van der Waals surface area (Å²) in [6, 6.07) is 0.0941. The summed E-state index contributed by atoms with van der Waals surface area (Å²) < 4.78 is 10.5. The molecule has 2 atom stereocenters. The summed E-state index contributed by atoms with van der Waals surface area (Å²) in [7, 11) is 0. The van der Waals surface area contributed by atoms with Gasteiger partial charge in [0, 0.05) is 12.6 Å². The monoisotopic (exact) mass is 161 g/mol. The number of hydrogen-bond donors (Lipinski definition) is 1. The maximum absolute atomic E-state index is 5.58. The van der Waals surface area contributed by atoms with E-state index in [1.54, 1.807) is 0 Å². The highest BCUT2D eigenvalue weighted by atomic mass is 16.5. The van der Waals surface area contributed by atoms with E-state index in [0.717, 1.165) is 6.61 Å². The molecule has 0 bridgehead atoms. The van der Waals surface area contributed by atoms with E-state index in [4.69, 9.17) is 15.2 Å². The molecule has 68 valence electrons. The molecule has 2 unspecified atom stereocenters. The first-order valence-electron chi connectivity index (χ1n) is 4.13. The van der Waals surface area contributed by atoms with Crippen molar-refractivity contribution in [2.45, 2.75) is 32.9 Å². The Kier molecular flexibility index (Phi) is 6.51. The summed E-state index contributed by atoms with van der Waals surface area (Å²) in [4.78, 5) is 0. The van der Waals surface area contributed by atoms with Gasteiger partial charge in [-0.15, -0.1) is 0 Å². The zero-order valence-electron chi connectivity index (χ0n) is 7.67. The molecule has 0 fully saturated rings. The lowest BCUT2D eigenvalue weighted by Gasteiger charge is -2.16. The molecule has 0 aromatic carbocycles. The van der Waals surface area contributed by atoms with Crippen molar-refractivity contribution in [3.63, 3.8) is 0 Å². The van der Waals surface area contributed by atoms with Crippen LogP contribution in [0, 0.1) is 0 Å². The fourth-order valence-corrected chi connectivity index (χ4v) is 0.589. The molecule has 0 spiro atoms. The van der Waals surface area contributed by atoms with Crippen molar-refractivity contribution in [3.8, 4) is 0 Å². The van der Waals surface area contributed by atoms with Gasteiger partial charge in [0.2, 0.25) is 0 Å². The lowest BCUT2D eigenvalue weighted by Crippen LogP contribution is -2.32. The standard InChI is InChI=1S/C8H19NO2/c1-4-10-5-6-11-8(3)7(2)9/h7-8H,4-6,9H2,1-3H3. The van der Waals surface area contributed by atoms with E-state index in [9.17, 15) is 0 Å². The molecule has 2 N–H and O–H groups in total. The van der Waals surface area contributed by atoms with E-state index < -0.39 is 0 Å². The Morgan fingerprint density at radius 3 is 2.36 bits per heavy atom. The summed E-state index contributed by atoms with van der Waals surface area (Å²) >= 11 is 0. The van der Waals surface area contributed by atoms with Crippen molar-refractivity contribution >= 4 is 0 Å². The quantitative estimate of drug-likeness (QED) is 0.585. The van der Waals surface area contributed by atoms with Gasteiger partial charge in [-0.2, -0.15) is 0 Å². The second-order valence-corrected chi connectivity index (χ2v) is 2.63. The van der Waals surface area contributed by atoms with Crippen molar-refractivity contribution in [2.24, 2.45) is 5.73 Å². The maximum atomic E-state index is 5.58. The summed E-state index contributed by atoms with van der Waals surface area (Å²) in [6.45, 7) is 7.91. The van der Waals surface area contributed by atoms with Crippen LogP contribution in [0.2, 0.25) is 0 Å². The van der Waals surface area contributed by atoms with Crippen LogP contribution < -0.4 is 5.73 Å². The van der Waals surface area contributed by atoms with Gasteiger partial charge in [0.05, 0.1) is 19.3 Å². The fourth-order valence-electron chi connectivity index (χ4n) is 0.589.